The van der Waals surface area contributed by atoms with E-state index >= 15 is 0 Å². The average molecular weight is 377 g/mol. The molecule has 2 unspecified atom stereocenters. The molecule has 0 saturated heterocycles. The molecular weight excluding hydrogens is 344 g/mol. The fourth-order valence-corrected chi connectivity index (χ4v) is 8.17. The highest BCUT2D eigenvalue weighted by molar-refractivity contribution is 7.88. The Hall–Kier alpha value is -0.940. The van der Waals surface area contributed by atoms with Gasteiger partial charge in [0, 0.05) is 18.4 Å². The molecule has 4 bridgehead atoms. The van der Waals surface area contributed by atoms with Crippen LogP contribution < -0.4 is 4.72 Å². The van der Waals surface area contributed by atoms with Crippen LogP contribution in [0.25, 0.3) is 0 Å². The van der Waals surface area contributed by atoms with Gasteiger partial charge in [0.1, 0.15) is 0 Å². The summed E-state index contributed by atoms with van der Waals surface area (Å²) in [6.45, 7) is 7.04. The summed E-state index contributed by atoms with van der Waals surface area (Å²) in [5.74, 6) is 1.89. The standard InChI is InChI=1S/C21H32N2O2S/c1-20(2,3)14-21-9-16-7-17(10-21)19(18(8-16)11-21)23-26(24,25)13-15-5-4-6-22-12-15/h4-6,12,16-19,23H,7-11,13-14H2,1-3H3. The second kappa shape index (κ2) is 6.30. The highest BCUT2D eigenvalue weighted by Crippen LogP contribution is 2.63. The molecule has 4 saturated carbocycles. The number of nitrogens with one attached hydrogen (secondary N) is 1. The minimum absolute atomic E-state index is 0.0351. The van der Waals surface area contributed by atoms with Crippen molar-refractivity contribution in [1.82, 2.24) is 9.71 Å². The van der Waals surface area contributed by atoms with Crippen LogP contribution in [-0.4, -0.2) is 19.4 Å². The van der Waals surface area contributed by atoms with Crippen LogP contribution in [0.5, 0.6) is 0 Å². The van der Waals surface area contributed by atoms with E-state index in [9.17, 15) is 8.42 Å². The van der Waals surface area contributed by atoms with E-state index in [-0.39, 0.29) is 11.8 Å². The monoisotopic (exact) mass is 376 g/mol. The van der Waals surface area contributed by atoms with Crippen molar-refractivity contribution in [2.45, 2.75) is 71.1 Å². The molecule has 4 nitrogen and oxygen atoms in total. The lowest BCUT2D eigenvalue weighted by atomic mass is 9.46. The lowest BCUT2D eigenvalue weighted by Gasteiger charge is -2.61. The molecule has 0 amide bonds. The Morgan fingerprint density at radius 1 is 1.19 bits per heavy atom. The third-order valence-electron chi connectivity index (χ3n) is 6.70. The van der Waals surface area contributed by atoms with Crippen molar-refractivity contribution in [1.29, 1.82) is 0 Å². The second-order valence-electron chi connectivity index (χ2n) is 10.5. The minimum atomic E-state index is -3.32. The number of pyridine rings is 1. The molecule has 0 radical (unpaired) electrons. The van der Waals surface area contributed by atoms with Crippen LogP contribution in [0.3, 0.4) is 0 Å². The van der Waals surface area contributed by atoms with Crippen molar-refractivity contribution < 1.29 is 8.42 Å². The molecule has 5 rings (SSSR count). The van der Waals surface area contributed by atoms with Crippen LogP contribution in [0.1, 0.15) is 64.9 Å². The van der Waals surface area contributed by atoms with Gasteiger partial charge in [-0.3, -0.25) is 4.98 Å². The van der Waals surface area contributed by atoms with E-state index in [2.05, 4.69) is 30.5 Å². The minimum Gasteiger partial charge on any atom is -0.264 e. The molecule has 4 aliphatic carbocycles. The molecule has 5 heteroatoms. The van der Waals surface area contributed by atoms with Crippen LogP contribution in [0, 0.1) is 28.6 Å². The maximum Gasteiger partial charge on any atom is 0.216 e. The predicted octanol–water partition coefficient (Wildman–Crippen LogP) is 4.13. The summed E-state index contributed by atoms with van der Waals surface area (Å²) >= 11 is 0. The number of sulfonamides is 1. The molecule has 0 aliphatic heterocycles. The van der Waals surface area contributed by atoms with Gasteiger partial charge >= 0.3 is 0 Å². The highest BCUT2D eigenvalue weighted by atomic mass is 32.2. The maximum atomic E-state index is 12.8. The number of nitrogens with zero attached hydrogens (tertiary/aromatic N) is 1. The third kappa shape index (κ3) is 3.84. The van der Waals surface area contributed by atoms with Crippen LogP contribution in [0.4, 0.5) is 0 Å². The molecule has 144 valence electrons. The van der Waals surface area contributed by atoms with Gasteiger partial charge < -0.3 is 0 Å². The molecule has 1 N–H and O–H groups in total. The highest BCUT2D eigenvalue weighted by Gasteiger charge is 2.56. The van der Waals surface area contributed by atoms with E-state index in [1.165, 1.54) is 38.5 Å². The Morgan fingerprint density at radius 2 is 1.88 bits per heavy atom. The first-order chi connectivity index (χ1) is 12.1. The van der Waals surface area contributed by atoms with Crippen molar-refractivity contribution in [3.8, 4) is 0 Å². The molecule has 2 atom stereocenters. The van der Waals surface area contributed by atoms with Crippen molar-refractivity contribution in [2.24, 2.45) is 28.6 Å². The van der Waals surface area contributed by atoms with E-state index in [1.807, 2.05) is 6.07 Å². The normalized spacial score (nSPS) is 36.4. The van der Waals surface area contributed by atoms with E-state index in [1.54, 1.807) is 18.5 Å². The van der Waals surface area contributed by atoms with Crippen LogP contribution >= 0.6 is 0 Å². The van der Waals surface area contributed by atoms with E-state index in [0.29, 0.717) is 22.7 Å². The van der Waals surface area contributed by atoms with Crippen molar-refractivity contribution in [3.05, 3.63) is 30.1 Å². The topological polar surface area (TPSA) is 59.1 Å². The molecule has 0 aromatic carbocycles. The average Bonchev–Trinajstić information content (AvgIpc) is 2.48. The molecule has 1 aromatic rings. The molecule has 26 heavy (non-hydrogen) atoms. The first-order valence-electron chi connectivity index (χ1n) is 10.0. The SMILES string of the molecule is CC(C)(C)CC12CC3CC(C1)C(NS(=O)(=O)Cc1cccnc1)C(C3)C2. The summed E-state index contributed by atoms with van der Waals surface area (Å²) in [6.07, 6.45) is 10.8. The predicted molar refractivity (Wildman–Crippen MR) is 104 cm³/mol. The molecule has 4 fully saturated rings. The largest absolute Gasteiger partial charge is 0.264 e. The van der Waals surface area contributed by atoms with Gasteiger partial charge in [-0.25, -0.2) is 13.1 Å². The van der Waals surface area contributed by atoms with Gasteiger partial charge in [0.05, 0.1) is 5.75 Å². The summed E-state index contributed by atoms with van der Waals surface area (Å²) in [6, 6.07) is 3.77. The summed E-state index contributed by atoms with van der Waals surface area (Å²) in [5.41, 5.74) is 1.56. The molecule has 1 heterocycles. The zero-order chi connectivity index (χ0) is 18.6. The van der Waals surface area contributed by atoms with Gasteiger partial charge in [0.25, 0.3) is 0 Å². The summed E-state index contributed by atoms with van der Waals surface area (Å²) in [5, 5.41) is 0. The second-order valence-corrected chi connectivity index (χ2v) is 12.2. The van der Waals surface area contributed by atoms with Crippen molar-refractivity contribution >= 4 is 10.0 Å². The lowest BCUT2D eigenvalue weighted by Crippen LogP contribution is -2.59. The maximum absolute atomic E-state index is 12.8. The van der Waals surface area contributed by atoms with Crippen LogP contribution in [0.15, 0.2) is 24.5 Å². The number of hydrogen-bond acceptors (Lipinski definition) is 3. The van der Waals surface area contributed by atoms with E-state index in [0.717, 1.165) is 11.5 Å². The van der Waals surface area contributed by atoms with Gasteiger partial charge in [0.15, 0.2) is 0 Å². The van der Waals surface area contributed by atoms with Gasteiger partial charge in [-0.2, -0.15) is 0 Å². The number of hydrogen-bond donors (Lipinski definition) is 1. The summed E-state index contributed by atoms with van der Waals surface area (Å²) in [7, 11) is -3.32. The van der Waals surface area contributed by atoms with E-state index in [4.69, 9.17) is 0 Å². The quantitative estimate of drug-likeness (QED) is 0.840. The molecule has 4 aliphatic rings. The van der Waals surface area contributed by atoms with Gasteiger partial charge in [-0.15, -0.1) is 0 Å². The fraction of sp³-hybridized carbons (Fsp3) is 0.762. The Labute approximate surface area is 158 Å². The smallest absolute Gasteiger partial charge is 0.216 e. The van der Waals surface area contributed by atoms with E-state index < -0.39 is 10.0 Å². The molecular formula is C21H32N2O2S. The Bertz CT molecular complexity index is 738. The Kier molecular flexibility index (Phi) is 4.47. The van der Waals surface area contributed by atoms with Gasteiger partial charge in [-0.05, 0) is 78.7 Å². The first kappa shape index (κ1) is 18.4. The number of rotatable bonds is 5. The van der Waals surface area contributed by atoms with Crippen molar-refractivity contribution in [2.75, 3.05) is 0 Å². The molecule has 1 aromatic heterocycles. The van der Waals surface area contributed by atoms with Gasteiger partial charge in [-0.1, -0.05) is 26.8 Å². The molecule has 0 spiro atoms. The Balaban J connectivity index is 1.48. The van der Waals surface area contributed by atoms with Crippen LogP contribution in [-0.2, 0) is 15.8 Å². The third-order valence-corrected chi connectivity index (χ3v) is 8.05. The zero-order valence-electron chi connectivity index (χ0n) is 16.2. The van der Waals surface area contributed by atoms with Gasteiger partial charge in [0.2, 0.25) is 10.0 Å². The summed E-state index contributed by atoms with van der Waals surface area (Å²) in [4.78, 5) is 4.04. The zero-order valence-corrected chi connectivity index (χ0v) is 17.1. The lowest BCUT2D eigenvalue weighted by molar-refractivity contribution is -0.0881. The number of aromatic nitrogens is 1. The Morgan fingerprint density at radius 3 is 2.46 bits per heavy atom. The van der Waals surface area contributed by atoms with Crippen molar-refractivity contribution in [3.63, 3.8) is 0 Å². The van der Waals surface area contributed by atoms with Crippen LogP contribution in [0.2, 0.25) is 0 Å². The first-order valence-corrected chi connectivity index (χ1v) is 11.7. The summed E-state index contributed by atoms with van der Waals surface area (Å²) < 4.78 is 28.6. The fourth-order valence-electron chi connectivity index (χ4n) is 6.68.